The third-order valence-corrected chi connectivity index (χ3v) is 11.7. The molecule has 1 heterocycles. The fourth-order valence-electron chi connectivity index (χ4n) is 6.93. The van der Waals surface area contributed by atoms with Crippen molar-refractivity contribution in [1.82, 2.24) is 31.5 Å². The van der Waals surface area contributed by atoms with Crippen LogP contribution in [0.5, 0.6) is 0 Å². The van der Waals surface area contributed by atoms with Gasteiger partial charge >= 0.3 is 5.97 Å². The molecule has 17 heteroatoms. The normalized spacial score (nSPS) is 15.6. The summed E-state index contributed by atoms with van der Waals surface area (Å²) in [7, 11) is 0. The number of halogens is 1. The third-order valence-electron chi connectivity index (χ3n) is 10.2. The Hall–Kier alpha value is -4.90. The summed E-state index contributed by atoms with van der Waals surface area (Å²) in [6.07, 6.45) is 6.36. The molecule has 0 bridgehead atoms. The van der Waals surface area contributed by atoms with Crippen LogP contribution in [0.25, 0.3) is 0 Å². The number of ketones is 1. The first kappa shape index (κ1) is 53.4. The maximum atomic E-state index is 14.4. The van der Waals surface area contributed by atoms with Crippen LogP contribution in [0.1, 0.15) is 65.0 Å². The van der Waals surface area contributed by atoms with E-state index in [1.807, 2.05) is 91.6 Å². The molecule has 1 fully saturated rings. The first-order chi connectivity index (χ1) is 30.5. The number of carbonyl (C=O) groups excluding carboxylic acids is 7. The van der Waals surface area contributed by atoms with Gasteiger partial charge in [-0.05, 0) is 55.6 Å². The third kappa shape index (κ3) is 19.5. The number of nitrogens with zero attached hydrogens (tertiary/aromatic N) is 1. The number of rotatable bonds is 27. The summed E-state index contributed by atoms with van der Waals surface area (Å²) in [5.74, 6) is -2.03. The second kappa shape index (κ2) is 28.1. The van der Waals surface area contributed by atoms with Crippen molar-refractivity contribution in [3.05, 3.63) is 71.8 Å². The predicted octanol–water partition coefficient (Wildman–Crippen LogP) is 2.30. The van der Waals surface area contributed by atoms with Crippen molar-refractivity contribution >= 4 is 63.9 Å². The van der Waals surface area contributed by atoms with Gasteiger partial charge in [-0.2, -0.15) is 0 Å². The number of aryl methyl sites for hydroxylation is 1. The van der Waals surface area contributed by atoms with E-state index in [9.17, 15) is 33.6 Å². The van der Waals surface area contributed by atoms with Gasteiger partial charge in [0.05, 0.1) is 32.3 Å². The Morgan fingerprint density at radius 1 is 0.750 bits per heavy atom. The molecular weight excluding hydrogens is 935 g/mol. The van der Waals surface area contributed by atoms with Crippen molar-refractivity contribution in [2.75, 3.05) is 57.0 Å². The van der Waals surface area contributed by atoms with Crippen LogP contribution in [0.4, 0.5) is 0 Å². The second-order valence-electron chi connectivity index (χ2n) is 16.8. The number of carbonyl (C=O) groups is 7. The molecule has 0 spiro atoms. The molecule has 3 rings (SSSR count). The summed E-state index contributed by atoms with van der Waals surface area (Å²) in [5.41, 5.74) is 0.00793. The van der Waals surface area contributed by atoms with Crippen LogP contribution in [0.3, 0.4) is 0 Å². The molecule has 64 heavy (non-hydrogen) atoms. The van der Waals surface area contributed by atoms with Crippen molar-refractivity contribution in [3.63, 3.8) is 0 Å². The van der Waals surface area contributed by atoms with Gasteiger partial charge in [0.15, 0.2) is 11.4 Å². The zero-order chi connectivity index (χ0) is 47.1. The molecule has 16 nitrogen and oxygen atoms in total. The highest BCUT2D eigenvalue weighted by atomic mass is 127. The van der Waals surface area contributed by atoms with Crippen LogP contribution in [-0.2, 0) is 60.6 Å². The number of hydrogen-bond acceptors (Lipinski definition) is 11. The summed E-state index contributed by atoms with van der Waals surface area (Å²) >= 11 is 1.92. The topological polar surface area (TPSA) is 211 Å². The number of nitrogens with one attached hydrogen (secondary N) is 5. The number of amides is 5. The lowest BCUT2D eigenvalue weighted by atomic mass is 9.90. The SMILES string of the molecule is C#CCNC(=O)COCC(=O)O[C@](C)(CI)C(=O)[C@H](CC(C)C)NC(=O)[C@H](Cc1ccccc1)NC(=O)[C@H](CC(C)C)NC(=O)[C@H](CCc1ccccc1)NC(=O)CN1CCOCC1. The molecule has 5 amide bonds. The molecular formula is C47H65IN6O10. The molecule has 1 saturated heterocycles. The maximum Gasteiger partial charge on any atom is 0.333 e. The van der Waals surface area contributed by atoms with Gasteiger partial charge in [-0.1, -0.05) is 117 Å². The fraction of sp³-hybridized carbons (Fsp3) is 0.553. The van der Waals surface area contributed by atoms with Gasteiger partial charge in [0.25, 0.3) is 0 Å². The Labute approximate surface area is 390 Å². The Bertz CT molecular complexity index is 1870. The zero-order valence-electron chi connectivity index (χ0n) is 37.6. The van der Waals surface area contributed by atoms with Crippen LogP contribution in [0, 0.1) is 24.2 Å². The van der Waals surface area contributed by atoms with E-state index in [1.54, 1.807) is 24.3 Å². The molecule has 5 atom stereocenters. The van der Waals surface area contributed by atoms with Gasteiger partial charge in [0.1, 0.15) is 31.3 Å². The summed E-state index contributed by atoms with van der Waals surface area (Å²) in [6.45, 7) is 10.2. The lowest BCUT2D eigenvalue weighted by Crippen LogP contribution is -2.60. The molecule has 0 unspecified atom stereocenters. The first-order valence-corrected chi connectivity index (χ1v) is 23.2. The minimum absolute atomic E-state index is 0.00474. The quantitative estimate of drug-likeness (QED) is 0.0380. The number of Topliss-reactive ketones (excluding diaryl/α,β-unsaturated/α-hetero) is 1. The number of alkyl halides is 1. The highest BCUT2D eigenvalue weighted by molar-refractivity contribution is 14.1. The van der Waals surface area contributed by atoms with E-state index in [1.165, 1.54) is 6.92 Å². The van der Waals surface area contributed by atoms with Crippen LogP contribution >= 0.6 is 22.6 Å². The van der Waals surface area contributed by atoms with E-state index < -0.39 is 78.4 Å². The highest BCUT2D eigenvalue weighted by Crippen LogP contribution is 2.22. The monoisotopic (exact) mass is 1000 g/mol. The molecule has 0 radical (unpaired) electrons. The lowest BCUT2D eigenvalue weighted by molar-refractivity contribution is -0.168. The zero-order valence-corrected chi connectivity index (χ0v) is 39.8. The largest absolute Gasteiger partial charge is 0.449 e. The van der Waals surface area contributed by atoms with Crippen molar-refractivity contribution in [2.45, 2.75) is 96.5 Å². The fourth-order valence-corrected chi connectivity index (χ4v) is 7.46. The molecule has 1 aliphatic rings. The van der Waals surface area contributed by atoms with E-state index >= 15 is 0 Å². The van der Waals surface area contributed by atoms with Gasteiger partial charge in [-0.3, -0.25) is 33.7 Å². The summed E-state index contributed by atoms with van der Waals surface area (Å²) < 4.78 is 16.2. The minimum atomic E-state index is -1.70. The van der Waals surface area contributed by atoms with E-state index in [-0.39, 0.29) is 60.9 Å². The molecule has 350 valence electrons. The van der Waals surface area contributed by atoms with Crippen LogP contribution in [0.2, 0.25) is 0 Å². The molecule has 5 N–H and O–H groups in total. The standard InChI is InChI=1S/C47H65IN6O10/c1-7-20-49-41(56)29-63-30-42(57)64-47(6,31-48)43(58)37(25-32(2)3)51-46(61)39(27-35-16-12-9-13-17-35)53-45(60)38(26-33(4)5)52-44(59)36(19-18-34-14-10-8-11-15-34)50-40(55)28-54-21-23-62-24-22-54/h1,8-17,32-33,36-39H,18-31H2,2-6H3,(H,49,56)(H,50,55)(H,51,61)(H,52,59)(H,53,60)/t36-,37-,38-,39-,47+/m0/s1. The van der Waals surface area contributed by atoms with Gasteiger partial charge in [0.2, 0.25) is 29.5 Å². The van der Waals surface area contributed by atoms with E-state index in [0.29, 0.717) is 32.7 Å². The number of ether oxygens (including phenoxy) is 3. The minimum Gasteiger partial charge on any atom is -0.449 e. The Kier molecular flexibility index (Phi) is 23.5. The van der Waals surface area contributed by atoms with Gasteiger partial charge in [-0.25, -0.2) is 4.79 Å². The average Bonchev–Trinajstić information content (AvgIpc) is 3.26. The van der Waals surface area contributed by atoms with Crippen molar-refractivity contribution < 1.29 is 47.8 Å². The Balaban J connectivity index is 1.84. The number of morpholine rings is 1. The average molecular weight is 1000 g/mol. The Morgan fingerprint density at radius 3 is 1.89 bits per heavy atom. The number of terminal acetylenes is 1. The van der Waals surface area contributed by atoms with E-state index in [0.717, 1.165) is 11.1 Å². The van der Waals surface area contributed by atoms with Crippen molar-refractivity contribution in [3.8, 4) is 12.3 Å². The maximum absolute atomic E-state index is 14.4. The summed E-state index contributed by atoms with van der Waals surface area (Å²) in [4.78, 5) is 97.0. The molecule has 0 saturated carbocycles. The molecule has 0 aliphatic carbocycles. The van der Waals surface area contributed by atoms with Crippen LogP contribution in [-0.4, -0.2) is 133 Å². The van der Waals surface area contributed by atoms with E-state index in [4.69, 9.17) is 20.6 Å². The Morgan fingerprint density at radius 2 is 1.30 bits per heavy atom. The van der Waals surface area contributed by atoms with Crippen molar-refractivity contribution in [2.24, 2.45) is 11.8 Å². The highest BCUT2D eigenvalue weighted by Gasteiger charge is 2.42. The summed E-state index contributed by atoms with van der Waals surface area (Å²) in [5, 5.41) is 13.9. The molecule has 2 aromatic carbocycles. The molecule has 0 aromatic heterocycles. The smallest absolute Gasteiger partial charge is 0.333 e. The first-order valence-electron chi connectivity index (χ1n) is 21.7. The second-order valence-corrected chi connectivity index (χ2v) is 17.6. The van der Waals surface area contributed by atoms with Crippen LogP contribution < -0.4 is 26.6 Å². The van der Waals surface area contributed by atoms with E-state index in [2.05, 4.69) is 32.5 Å². The van der Waals surface area contributed by atoms with Crippen LogP contribution in [0.15, 0.2) is 60.7 Å². The molecule has 1 aliphatic heterocycles. The van der Waals surface area contributed by atoms with Gasteiger partial charge < -0.3 is 40.8 Å². The summed E-state index contributed by atoms with van der Waals surface area (Å²) in [6, 6.07) is 14.2. The number of esters is 1. The van der Waals surface area contributed by atoms with Gasteiger partial charge in [-0.15, -0.1) is 6.42 Å². The number of benzene rings is 2. The molecule has 2 aromatic rings. The lowest BCUT2D eigenvalue weighted by Gasteiger charge is -2.32. The van der Waals surface area contributed by atoms with Crippen molar-refractivity contribution in [1.29, 1.82) is 0 Å². The predicted molar refractivity (Wildman–Crippen MR) is 250 cm³/mol. The van der Waals surface area contributed by atoms with Gasteiger partial charge in [0, 0.05) is 23.9 Å². The number of hydrogen-bond donors (Lipinski definition) is 5.